The Morgan fingerprint density at radius 3 is 3.07 bits per heavy atom. The van der Waals surface area contributed by atoms with Gasteiger partial charge in [0, 0.05) is 19.1 Å². The highest BCUT2D eigenvalue weighted by Gasteiger charge is 2.16. The second-order valence-electron chi connectivity index (χ2n) is 4.63. The molecule has 0 saturated carbocycles. The Morgan fingerprint density at radius 1 is 1.47 bits per heavy atom. The molecule has 0 aliphatic carbocycles. The van der Waals surface area contributed by atoms with Crippen molar-refractivity contribution < 1.29 is 0 Å². The van der Waals surface area contributed by atoms with Gasteiger partial charge in [-0.1, -0.05) is 29.8 Å². The molecule has 1 aromatic carbocycles. The predicted molar refractivity (Wildman–Crippen MR) is 63.7 cm³/mol. The minimum Gasteiger partial charge on any atom is -0.327 e. The molecule has 15 heavy (non-hydrogen) atoms. The van der Waals surface area contributed by atoms with Crippen LogP contribution in [-0.2, 0) is 6.54 Å². The minimum atomic E-state index is 0.378. The Balaban J connectivity index is 1.96. The highest BCUT2D eigenvalue weighted by molar-refractivity contribution is 5.22. The van der Waals surface area contributed by atoms with E-state index in [9.17, 15) is 0 Å². The van der Waals surface area contributed by atoms with Crippen LogP contribution in [0, 0.1) is 6.92 Å². The molecule has 2 rings (SSSR count). The van der Waals surface area contributed by atoms with Crippen LogP contribution in [0.2, 0.25) is 0 Å². The Bertz CT molecular complexity index is 322. The van der Waals surface area contributed by atoms with E-state index in [4.69, 9.17) is 5.73 Å². The first-order valence-electron chi connectivity index (χ1n) is 5.77. The molecule has 2 heteroatoms. The molecule has 1 aliphatic rings. The van der Waals surface area contributed by atoms with Crippen LogP contribution in [0.15, 0.2) is 24.3 Å². The maximum Gasteiger partial charge on any atom is 0.0234 e. The molecular weight excluding hydrogens is 184 g/mol. The first-order chi connectivity index (χ1) is 7.24. The molecule has 1 aliphatic heterocycles. The van der Waals surface area contributed by atoms with Crippen molar-refractivity contribution in [2.24, 2.45) is 5.73 Å². The molecule has 0 aromatic heterocycles. The van der Waals surface area contributed by atoms with Crippen molar-refractivity contribution in [1.82, 2.24) is 4.90 Å². The maximum absolute atomic E-state index is 5.97. The van der Waals surface area contributed by atoms with Gasteiger partial charge in [0.1, 0.15) is 0 Å². The van der Waals surface area contributed by atoms with Crippen molar-refractivity contribution in [3.8, 4) is 0 Å². The molecule has 0 radical (unpaired) electrons. The highest BCUT2D eigenvalue weighted by Crippen LogP contribution is 2.13. The first kappa shape index (κ1) is 10.7. The van der Waals surface area contributed by atoms with Gasteiger partial charge in [-0.25, -0.2) is 0 Å². The van der Waals surface area contributed by atoms with E-state index in [1.807, 2.05) is 0 Å². The van der Waals surface area contributed by atoms with E-state index >= 15 is 0 Å². The van der Waals surface area contributed by atoms with Crippen LogP contribution in [0.3, 0.4) is 0 Å². The normalized spacial score (nSPS) is 22.9. The van der Waals surface area contributed by atoms with E-state index in [0.29, 0.717) is 6.04 Å². The van der Waals surface area contributed by atoms with Gasteiger partial charge in [0.15, 0.2) is 0 Å². The molecular formula is C13H20N2. The molecule has 1 fully saturated rings. The number of nitrogens with zero attached hydrogens (tertiary/aromatic N) is 1. The number of hydrogen-bond donors (Lipinski definition) is 1. The number of hydrogen-bond acceptors (Lipinski definition) is 2. The molecule has 2 N–H and O–H groups in total. The summed E-state index contributed by atoms with van der Waals surface area (Å²) in [4.78, 5) is 2.46. The van der Waals surface area contributed by atoms with Crippen LogP contribution in [-0.4, -0.2) is 24.0 Å². The Labute approximate surface area is 92.1 Å². The summed E-state index contributed by atoms with van der Waals surface area (Å²) in [6.45, 7) is 5.44. The van der Waals surface area contributed by atoms with Crippen LogP contribution in [0.25, 0.3) is 0 Å². The lowest BCUT2D eigenvalue weighted by molar-refractivity contribution is 0.201. The second kappa shape index (κ2) is 4.77. The molecule has 82 valence electrons. The van der Waals surface area contributed by atoms with Crippen molar-refractivity contribution in [1.29, 1.82) is 0 Å². The van der Waals surface area contributed by atoms with E-state index in [0.717, 1.165) is 13.1 Å². The molecule has 1 aromatic rings. The van der Waals surface area contributed by atoms with Crippen molar-refractivity contribution in [3.05, 3.63) is 35.4 Å². The predicted octanol–water partition coefficient (Wildman–Crippen LogP) is 1.92. The van der Waals surface area contributed by atoms with Gasteiger partial charge >= 0.3 is 0 Å². The summed E-state index contributed by atoms with van der Waals surface area (Å²) in [6.07, 6.45) is 2.43. The van der Waals surface area contributed by atoms with E-state index in [-0.39, 0.29) is 0 Å². The Morgan fingerprint density at radius 2 is 2.33 bits per heavy atom. The van der Waals surface area contributed by atoms with Crippen molar-refractivity contribution in [3.63, 3.8) is 0 Å². The van der Waals surface area contributed by atoms with Crippen molar-refractivity contribution in [2.45, 2.75) is 32.4 Å². The summed E-state index contributed by atoms with van der Waals surface area (Å²) >= 11 is 0. The number of aryl methyl sites for hydroxylation is 1. The molecule has 1 saturated heterocycles. The molecule has 1 unspecified atom stereocenters. The largest absolute Gasteiger partial charge is 0.327 e. The Hall–Kier alpha value is -0.860. The van der Waals surface area contributed by atoms with Crippen LogP contribution in [0.4, 0.5) is 0 Å². The van der Waals surface area contributed by atoms with E-state index in [2.05, 4.69) is 36.1 Å². The number of benzene rings is 1. The van der Waals surface area contributed by atoms with Gasteiger partial charge in [-0.2, -0.15) is 0 Å². The molecule has 1 atom stereocenters. The van der Waals surface area contributed by atoms with Crippen LogP contribution < -0.4 is 5.73 Å². The van der Waals surface area contributed by atoms with Gasteiger partial charge in [0.05, 0.1) is 0 Å². The fourth-order valence-corrected chi connectivity index (χ4v) is 2.30. The summed E-state index contributed by atoms with van der Waals surface area (Å²) in [6, 6.07) is 9.12. The first-order valence-corrected chi connectivity index (χ1v) is 5.77. The number of likely N-dealkylation sites (tertiary alicyclic amines) is 1. The highest BCUT2D eigenvalue weighted by atomic mass is 15.1. The number of piperidine rings is 1. The lowest BCUT2D eigenvalue weighted by Crippen LogP contribution is -2.42. The van der Waals surface area contributed by atoms with Gasteiger partial charge in [-0.05, 0) is 31.9 Å². The average molecular weight is 204 g/mol. The average Bonchev–Trinajstić information content (AvgIpc) is 2.17. The Kier molecular flexibility index (Phi) is 3.39. The number of nitrogens with two attached hydrogens (primary N) is 1. The summed E-state index contributed by atoms with van der Waals surface area (Å²) in [7, 11) is 0. The van der Waals surface area contributed by atoms with Gasteiger partial charge in [0.2, 0.25) is 0 Å². The van der Waals surface area contributed by atoms with E-state index in [1.54, 1.807) is 0 Å². The van der Waals surface area contributed by atoms with E-state index < -0.39 is 0 Å². The van der Waals surface area contributed by atoms with Gasteiger partial charge < -0.3 is 5.73 Å². The van der Waals surface area contributed by atoms with E-state index in [1.165, 1.54) is 30.5 Å². The van der Waals surface area contributed by atoms with Gasteiger partial charge in [0.25, 0.3) is 0 Å². The third-order valence-electron chi connectivity index (χ3n) is 3.03. The standard InChI is InChI=1S/C13H20N2/c1-11-4-2-5-12(8-11)9-15-7-3-6-13(14)10-15/h2,4-5,8,13H,3,6-7,9-10,14H2,1H3. The van der Waals surface area contributed by atoms with Gasteiger partial charge in [-0.15, -0.1) is 0 Å². The molecule has 0 bridgehead atoms. The topological polar surface area (TPSA) is 29.3 Å². The second-order valence-corrected chi connectivity index (χ2v) is 4.63. The summed E-state index contributed by atoms with van der Waals surface area (Å²) in [5, 5.41) is 0. The zero-order valence-corrected chi connectivity index (χ0v) is 9.45. The summed E-state index contributed by atoms with van der Waals surface area (Å²) in [5.41, 5.74) is 8.72. The zero-order chi connectivity index (χ0) is 10.7. The molecule has 0 spiro atoms. The SMILES string of the molecule is Cc1cccc(CN2CCCC(N)C2)c1. The monoisotopic (exact) mass is 204 g/mol. The summed E-state index contributed by atoms with van der Waals surface area (Å²) < 4.78 is 0. The third kappa shape index (κ3) is 3.05. The molecule has 2 nitrogen and oxygen atoms in total. The fraction of sp³-hybridized carbons (Fsp3) is 0.538. The van der Waals surface area contributed by atoms with Crippen molar-refractivity contribution >= 4 is 0 Å². The quantitative estimate of drug-likeness (QED) is 0.797. The van der Waals surface area contributed by atoms with Crippen LogP contribution in [0.1, 0.15) is 24.0 Å². The lowest BCUT2D eigenvalue weighted by Gasteiger charge is -2.30. The molecule has 0 amide bonds. The van der Waals surface area contributed by atoms with Crippen LogP contribution in [0.5, 0.6) is 0 Å². The maximum atomic E-state index is 5.97. The summed E-state index contributed by atoms with van der Waals surface area (Å²) in [5.74, 6) is 0. The lowest BCUT2D eigenvalue weighted by atomic mass is 10.1. The number of rotatable bonds is 2. The smallest absolute Gasteiger partial charge is 0.0234 e. The zero-order valence-electron chi connectivity index (χ0n) is 9.45. The fourth-order valence-electron chi connectivity index (χ4n) is 2.30. The van der Waals surface area contributed by atoms with Crippen molar-refractivity contribution in [2.75, 3.05) is 13.1 Å². The molecule has 1 heterocycles. The van der Waals surface area contributed by atoms with Crippen LogP contribution >= 0.6 is 0 Å². The third-order valence-corrected chi connectivity index (χ3v) is 3.03. The minimum absolute atomic E-state index is 0.378. The van der Waals surface area contributed by atoms with Gasteiger partial charge in [-0.3, -0.25) is 4.90 Å².